The molecule has 3 fully saturated rings. The van der Waals surface area contributed by atoms with Crippen molar-refractivity contribution in [2.45, 2.75) is 96.0 Å². The third-order valence-electron chi connectivity index (χ3n) is 6.26. The lowest BCUT2D eigenvalue weighted by molar-refractivity contribution is -0.385. The number of ether oxygens (including phenoxy) is 4. The Morgan fingerprint density at radius 3 is 2.30 bits per heavy atom. The Morgan fingerprint density at radius 2 is 1.73 bits per heavy atom. The minimum atomic E-state index is -0.530. The van der Waals surface area contributed by atoms with Gasteiger partial charge in [-0.15, -0.1) is 0 Å². The fraction of sp³-hybridized carbons (Fsp3) is 0.750. The number of epoxide rings is 1. The fourth-order valence-electron chi connectivity index (χ4n) is 5.09. The van der Waals surface area contributed by atoms with Gasteiger partial charge >= 0.3 is 0 Å². The van der Waals surface area contributed by atoms with Gasteiger partial charge < -0.3 is 18.9 Å². The van der Waals surface area contributed by atoms with Crippen molar-refractivity contribution >= 4 is 0 Å². The molecular formula is C24H37NO5. The zero-order valence-corrected chi connectivity index (χ0v) is 19.3. The highest BCUT2D eigenvalue weighted by atomic mass is 16.7. The summed E-state index contributed by atoms with van der Waals surface area (Å²) in [5.74, 6) is 0.334. The maximum Gasteiger partial charge on any atom is 0.172 e. The van der Waals surface area contributed by atoms with E-state index in [1.165, 1.54) is 0 Å². The van der Waals surface area contributed by atoms with Crippen LogP contribution < -0.4 is 4.74 Å². The molecule has 3 unspecified atom stereocenters. The molecule has 168 valence electrons. The molecule has 6 heteroatoms. The van der Waals surface area contributed by atoms with Crippen molar-refractivity contribution in [1.82, 2.24) is 5.06 Å². The summed E-state index contributed by atoms with van der Waals surface area (Å²) in [7, 11) is 0. The van der Waals surface area contributed by atoms with Crippen molar-refractivity contribution in [3.63, 3.8) is 0 Å². The number of benzene rings is 1. The molecule has 0 N–H and O–H groups in total. The van der Waals surface area contributed by atoms with Crippen LogP contribution in [0.1, 0.15) is 72.5 Å². The number of piperidine rings is 1. The predicted molar refractivity (Wildman–Crippen MR) is 114 cm³/mol. The Hall–Kier alpha value is -1.18. The van der Waals surface area contributed by atoms with Crippen molar-refractivity contribution in [2.75, 3.05) is 19.8 Å². The molecule has 0 aromatic heterocycles. The Morgan fingerprint density at radius 1 is 1.10 bits per heavy atom. The van der Waals surface area contributed by atoms with E-state index in [1.807, 2.05) is 12.1 Å². The van der Waals surface area contributed by atoms with Gasteiger partial charge in [0, 0.05) is 23.9 Å². The topological polar surface area (TPSA) is 52.7 Å². The summed E-state index contributed by atoms with van der Waals surface area (Å²) in [4.78, 5) is 6.58. The largest absolute Gasteiger partial charge is 0.491 e. The molecule has 0 saturated carbocycles. The molecule has 4 rings (SSSR count). The normalized spacial score (nSPS) is 30.7. The van der Waals surface area contributed by atoms with Crippen LogP contribution in [0, 0.1) is 0 Å². The lowest BCUT2D eigenvalue weighted by Gasteiger charge is -2.59. The molecule has 3 saturated heterocycles. The molecule has 1 aromatic rings. The second-order valence-corrected chi connectivity index (χ2v) is 10.3. The Bertz CT molecular complexity index is 710. The van der Waals surface area contributed by atoms with Crippen molar-refractivity contribution in [3.05, 3.63) is 29.8 Å². The first-order chi connectivity index (χ1) is 14.1. The number of nitrogens with zero attached hydrogens (tertiary/aromatic N) is 1. The maximum absolute atomic E-state index is 6.58. The molecule has 0 aliphatic carbocycles. The highest BCUT2D eigenvalue weighted by Gasteiger charge is 2.56. The molecule has 3 heterocycles. The molecule has 1 aromatic carbocycles. The monoisotopic (exact) mass is 419 g/mol. The summed E-state index contributed by atoms with van der Waals surface area (Å²) in [5.41, 5.74) is 0.650. The van der Waals surface area contributed by atoms with E-state index < -0.39 is 5.79 Å². The number of hydrogen-bond donors (Lipinski definition) is 0. The molecule has 0 radical (unpaired) electrons. The van der Waals surface area contributed by atoms with E-state index in [9.17, 15) is 0 Å². The zero-order chi connectivity index (χ0) is 21.6. The molecule has 30 heavy (non-hydrogen) atoms. The van der Waals surface area contributed by atoms with Gasteiger partial charge in [0.05, 0.1) is 19.3 Å². The Labute approximate surface area is 180 Å². The fourth-order valence-corrected chi connectivity index (χ4v) is 5.09. The third-order valence-corrected chi connectivity index (χ3v) is 6.26. The van der Waals surface area contributed by atoms with Gasteiger partial charge in [-0.25, -0.2) is 0 Å². The first-order valence-corrected chi connectivity index (χ1v) is 11.2. The van der Waals surface area contributed by atoms with Crippen LogP contribution in [0.2, 0.25) is 0 Å². The van der Waals surface area contributed by atoms with Crippen molar-refractivity contribution < 1.29 is 23.8 Å². The van der Waals surface area contributed by atoms with Crippen LogP contribution in [0.4, 0.5) is 0 Å². The van der Waals surface area contributed by atoms with Gasteiger partial charge in [0.1, 0.15) is 24.6 Å². The van der Waals surface area contributed by atoms with E-state index in [2.05, 4.69) is 58.7 Å². The molecule has 6 nitrogen and oxygen atoms in total. The predicted octanol–water partition coefficient (Wildman–Crippen LogP) is 4.63. The van der Waals surface area contributed by atoms with Crippen molar-refractivity contribution in [1.29, 1.82) is 0 Å². The average molecular weight is 420 g/mol. The minimum Gasteiger partial charge on any atom is -0.491 e. The SMILES string of the molecule is CC1CCOC2(CC(C)(C)N(OC(C)c3ccc(OCC4CO4)cc3)C(C)(C)C2)O1. The number of hydroxylamine groups is 2. The molecule has 3 atom stereocenters. The maximum atomic E-state index is 6.58. The quantitative estimate of drug-likeness (QED) is 0.627. The van der Waals surface area contributed by atoms with Gasteiger partial charge in [0.25, 0.3) is 0 Å². The van der Waals surface area contributed by atoms with Crippen LogP contribution in [0.25, 0.3) is 0 Å². The lowest BCUT2D eigenvalue weighted by atomic mass is 9.77. The van der Waals surface area contributed by atoms with Gasteiger partial charge in [0.15, 0.2) is 5.79 Å². The number of hydrogen-bond acceptors (Lipinski definition) is 6. The van der Waals surface area contributed by atoms with Crippen LogP contribution in [0.3, 0.4) is 0 Å². The summed E-state index contributed by atoms with van der Waals surface area (Å²) >= 11 is 0. The second kappa shape index (κ2) is 8.06. The van der Waals surface area contributed by atoms with Gasteiger partial charge in [-0.3, -0.25) is 4.84 Å². The van der Waals surface area contributed by atoms with Crippen LogP contribution in [-0.2, 0) is 19.0 Å². The first-order valence-electron chi connectivity index (χ1n) is 11.2. The zero-order valence-electron chi connectivity index (χ0n) is 19.3. The summed E-state index contributed by atoms with van der Waals surface area (Å²) in [6, 6.07) is 8.16. The highest BCUT2D eigenvalue weighted by Crippen LogP contribution is 2.48. The molecule has 3 aliphatic rings. The average Bonchev–Trinajstić information content (AvgIpc) is 3.47. The molecule has 0 bridgehead atoms. The van der Waals surface area contributed by atoms with Crippen LogP contribution in [-0.4, -0.2) is 54.0 Å². The van der Waals surface area contributed by atoms with E-state index in [4.69, 9.17) is 23.8 Å². The van der Waals surface area contributed by atoms with Crippen molar-refractivity contribution in [3.8, 4) is 5.75 Å². The molecule has 1 spiro atoms. The molecule has 3 aliphatic heterocycles. The van der Waals surface area contributed by atoms with Crippen LogP contribution >= 0.6 is 0 Å². The van der Waals surface area contributed by atoms with E-state index in [-0.39, 0.29) is 29.4 Å². The number of rotatable bonds is 6. The minimum absolute atomic E-state index is 0.0782. The van der Waals surface area contributed by atoms with E-state index in [0.29, 0.717) is 6.61 Å². The summed E-state index contributed by atoms with van der Waals surface area (Å²) < 4.78 is 23.5. The standard InChI is InChI=1S/C24H37NO5/c1-17-11-12-28-24(29-17)15-22(3,4)25(23(5,6)16-24)30-18(2)19-7-9-20(10-8-19)26-13-21-14-27-21/h7-10,17-18,21H,11-16H2,1-6H3. The Kier molecular flexibility index (Phi) is 5.92. The Balaban J connectivity index is 1.43. The smallest absolute Gasteiger partial charge is 0.172 e. The summed E-state index contributed by atoms with van der Waals surface area (Å²) in [6.45, 7) is 15.3. The van der Waals surface area contributed by atoms with E-state index in [1.54, 1.807) is 0 Å². The second-order valence-electron chi connectivity index (χ2n) is 10.3. The van der Waals surface area contributed by atoms with Gasteiger partial charge in [0.2, 0.25) is 0 Å². The molecule has 0 amide bonds. The van der Waals surface area contributed by atoms with Gasteiger partial charge in [-0.2, -0.15) is 5.06 Å². The van der Waals surface area contributed by atoms with Gasteiger partial charge in [-0.1, -0.05) is 12.1 Å². The third kappa shape index (κ3) is 4.83. The van der Waals surface area contributed by atoms with E-state index in [0.717, 1.165) is 43.8 Å². The lowest BCUT2D eigenvalue weighted by Crippen LogP contribution is -2.67. The first kappa shape index (κ1) is 22.0. The van der Waals surface area contributed by atoms with Crippen LogP contribution in [0.15, 0.2) is 24.3 Å². The summed E-state index contributed by atoms with van der Waals surface area (Å²) in [6.07, 6.45) is 2.91. The summed E-state index contributed by atoms with van der Waals surface area (Å²) in [5, 5.41) is 2.16. The highest BCUT2D eigenvalue weighted by molar-refractivity contribution is 5.28. The van der Waals surface area contributed by atoms with Gasteiger partial charge in [-0.05, 0) is 65.7 Å². The van der Waals surface area contributed by atoms with E-state index >= 15 is 0 Å². The van der Waals surface area contributed by atoms with Crippen molar-refractivity contribution in [2.24, 2.45) is 0 Å². The van der Waals surface area contributed by atoms with Crippen LogP contribution in [0.5, 0.6) is 5.75 Å². The molecular weight excluding hydrogens is 382 g/mol.